The van der Waals surface area contributed by atoms with Crippen molar-refractivity contribution >= 4 is 11.7 Å². The number of carbonyl (C=O) groups excluding carboxylic acids is 1. The van der Waals surface area contributed by atoms with E-state index in [-0.39, 0.29) is 5.91 Å². The largest absolute Gasteiger partial charge is 0.463 e. The quantitative estimate of drug-likeness (QED) is 0.784. The van der Waals surface area contributed by atoms with E-state index in [4.69, 9.17) is 4.74 Å². The average Bonchev–Trinajstić information content (AvgIpc) is 3.04. The van der Waals surface area contributed by atoms with E-state index in [0.717, 1.165) is 11.4 Å². The van der Waals surface area contributed by atoms with Gasteiger partial charge in [-0.25, -0.2) is 9.67 Å². The molecule has 0 aliphatic heterocycles. The first-order valence-electron chi connectivity index (χ1n) is 7.64. The van der Waals surface area contributed by atoms with E-state index in [0.29, 0.717) is 11.7 Å². The van der Waals surface area contributed by atoms with Gasteiger partial charge in [0.15, 0.2) is 6.10 Å². The second-order valence-electron chi connectivity index (χ2n) is 5.35. The summed E-state index contributed by atoms with van der Waals surface area (Å²) in [6, 6.07) is 16.9. The molecule has 0 saturated carbocycles. The van der Waals surface area contributed by atoms with Crippen LogP contribution in [0.5, 0.6) is 5.88 Å². The number of hydrogen-bond acceptors (Lipinski definition) is 4. The highest BCUT2D eigenvalue weighted by Gasteiger charge is 2.16. The maximum absolute atomic E-state index is 12.2. The Balaban J connectivity index is 1.63. The number of hydrogen-bond donors (Lipinski definition) is 1. The molecule has 0 spiro atoms. The molecule has 1 amide bonds. The monoisotopic (exact) mass is 322 g/mol. The van der Waals surface area contributed by atoms with Crippen molar-refractivity contribution in [2.24, 2.45) is 0 Å². The van der Waals surface area contributed by atoms with Crippen LogP contribution in [0.25, 0.3) is 5.69 Å². The zero-order valence-electron chi connectivity index (χ0n) is 13.5. The topological polar surface area (TPSA) is 69.0 Å². The van der Waals surface area contributed by atoms with Gasteiger partial charge in [-0.15, -0.1) is 5.10 Å². The number of anilines is 1. The first-order valence-corrected chi connectivity index (χ1v) is 7.64. The third-order valence-corrected chi connectivity index (χ3v) is 3.39. The molecule has 0 aliphatic carbocycles. The lowest BCUT2D eigenvalue weighted by molar-refractivity contribution is -0.122. The number of aryl methyl sites for hydroxylation is 1. The second kappa shape index (κ2) is 6.95. The van der Waals surface area contributed by atoms with E-state index in [9.17, 15) is 4.79 Å². The van der Waals surface area contributed by atoms with Crippen LogP contribution in [-0.2, 0) is 4.79 Å². The van der Waals surface area contributed by atoms with Crippen LogP contribution < -0.4 is 10.1 Å². The lowest BCUT2D eigenvalue weighted by atomic mass is 10.3. The van der Waals surface area contributed by atoms with Crippen molar-refractivity contribution in [3.8, 4) is 11.6 Å². The van der Waals surface area contributed by atoms with E-state index < -0.39 is 6.10 Å². The fraction of sp³-hybridized carbons (Fsp3) is 0.167. The zero-order valence-corrected chi connectivity index (χ0v) is 13.5. The second-order valence-corrected chi connectivity index (χ2v) is 5.35. The molecule has 1 atom stereocenters. The lowest BCUT2D eigenvalue weighted by Gasteiger charge is -2.12. The summed E-state index contributed by atoms with van der Waals surface area (Å²) in [4.78, 5) is 16.4. The molecule has 0 bridgehead atoms. The average molecular weight is 322 g/mol. The van der Waals surface area contributed by atoms with Crippen LogP contribution in [-0.4, -0.2) is 26.8 Å². The Hall–Kier alpha value is -3.15. The summed E-state index contributed by atoms with van der Waals surface area (Å²) in [5, 5.41) is 7.05. The molecule has 0 fully saturated rings. The van der Waals surface area contributed by atoms with Crippen molar-refractivity contribution in [3.05, 3.63) is 66.5 Å². The van der Waals surface area contributed by atoms with Crippen LogP contribution in [0.1, 0.15) is 12.6 Å². The van der Waals surface area contributed by atoms with E-state index >= 15 is 0 Å². The molecule has 6 heteroatoms. The Morgan fingerprint density at radius 1 is 1.12 bits per heavy atom. The SMILES string of the molecule is Cc1cccc(NC(=O)[C@@H](C)Oc2ccn(-c3ccccc3)n2)n1. The maximum atomic E-state index is 12.2. The van der Waals surface area contributed by atoms with Gasteiger partial charge in [0.2, 0.25) is 5.88 Å². The summed E-state index contributed by atoms with van der Waals surface area (Å²) >= 11 is 0. The molecule has 6 nitrogen and oxygen atoms in total. The number of amides is 1. The Labute approximate surface area is 140 Å². The van der Waals surface area contributed by atoms with Crippen LogP contribution in [0.4, 0.5) is 5.82 Å². The van der Waals surface area contributed by atoms with Gasteiger partial charge in [-0.1, -0.05) is 24.3 Å². The van der Waals surface area contributed by atoms with Crippen LogP contribution in [0.3, 0.4) is 0 Å². The van der Waals surface area contributed by atoms with Crippen molar-refractivity contribution in [2.45, 2.75) is 20.0 Å². The number of rotatable bonds is 5. The maximum Gasteiger partial charge on any atom is 0.266 e. The molecule has 1 N–H and O–H groups in total. The zero-order chi connectivity index (χ0) is 16.9. The predicted molar refractivity (Wildman–Crippen MR) is 91.3 cm³/mol. The predicted octanol–water partition coefficient (Wildman–Crippen LogP) is 2.98. The number of carbonyl (C=O) groups is 1. The molecule has 0 saturated heterocycles. The molecule has 3 aromatic rings. The van der Waals surface area contributed by atoms with Crippen LogP contribution >= 0.6 is 0 Å². The molecule has 2 aromatic heterocycles. The van der Waals surface area contributed by atoms with Gasteiger partial charge in [-0.2, -0.15) is 0 Å². The van der Waals surface area contributed by atoms with Gasteiger partial charge in [0, 0.05) is 18.0 Å². The highest BCUT2D eigenvalue weighted by Crippen LogP contribution is 2.14. The van der Waals surface area contributed by atoms with E-state index in [1.54, 1.807) is 29.9 Å². The summed E-state index contributed by atoms with van der Waals surface area (Å²) in [6.07, 6.45) is 1.10. The molecule has 0 unspecified atom stereocenters. The normalized spacial score (nSPS) is 11.8. The minimum absolute atomic E-state index is 0.276. The van der Waals surface area contributed by atoms with E-state index in [1.165, 1.54) is 0 Å². The molecule has 122 valence electrons. The number of ether oxygens (including phenoxy) is 1. The van der Waals surface area contributed by atoms with Gasteiger partial charge in [0.05, 0.1) is 5.69 Å². The third kappa shape index (κ3) is 3.78. The fourth-order valence-corrected chi connectivity index (χ4v) is 2.17. The highest BCUT2D eigenvalue weighted by atomic mass is 16.5. The number of nitrogens with zero attached hydrogens (tertiary/aromatic N) is 3. The van der Waals surface area contributed by atoms with Crippen molar-refractivity contribution in [1.82, 2.24) is 14.8 Å². The van der Waals surface area contributed by atoms with Gasteiger partial charge in [0.25, 0.3) is 5.91 Å². The summed E-state index contributed by atoms with van der Waals surface area (Å²) in [5.41, 5.74) is 1.76. The fourth-order valence-electron chi connectivity index (χ4n) is 2.17. The van der Waals surface area contributed by atoms with Gasteiger partial charge in [-0.3, -0.25) is 4.79 Å². The number of para-hydroxylation sites is 1. The van der Waals surface area contributed by atoms with Crippen LogP contribution in [0.15, 0.2) is 60.8 Å². The van der Waals surface area contributed by atoms with Crippen molar-refractivity contribution in [3.63, 3.8) is 0 Å². The van der Waals surface area contributed by atoms with Gasteiger partial charge < -0.3 is 10.1 Å². The molecule has 3 rings (SSSR count). The Kier molecular flexibility index (Phi) is 4.56. The van der Waals surface area contributed by atoms with Crippen molar-refractivity contribution in [2.75, 3.05) is 5.32 Å². The molecule has 24 heavy (non-hydrogen) atoms. The summed E-state index contributed by atoms with van der Waals surface area (Å²) < 4.78 is 7.31. The summed E-state index contributed by atoms with van der Waals surface area (Å²) in [6.45, 7) is 3.54. The molecule has 0 radical (unpaired) electrons. The van der Waals surface area contributed by atoms with E-state index in [2.05, 4.69) is 15.4 Å². The highest BCUT2D eigenvalue weighted by molar-refractivity contribution is 5.93. The third-order valence-electron chi connectivity index (χ3n) is 3.39. The van der Waals surface area contributed by atoms with Gasteiger partial charge in [0.1, 0.15) is 5.82 Å². The lowest BCUT2D eigenvalue weighted by Crippen LogP contribution is -2.30. The molecule has 2 heterocycles. The first-order chi connectivity index (χ1) is 11.6. The number of benzene rings is 1. The number of aromatic nitrogens is 3. The standard InChI is InChI=1S/C18H18N4O2/c1-13-7-6-10-16(19-13)20-18(23)14(2)24-17-11-12-22(21-17)15-8-4-3-5-9-15/h3-12,14H,1-2H3,(H,19,20,23)/t14-/m1/s1. The van der Waals surface area contributed by atoms with Gasteiger partial charge in [-0.05, 0) is 38.1 Å². The van der Waals surface area contributed by atoms with Crippen molar-refractivity contribution in [1.29, 1.82) is 0 Å². The number of nitrogens with one attached hydrogen (secondary N) is 1. The molecule has 0 aliphatic rings. The Bertz CT molecular complexity index is 830. The molecular formula is C18H18N4O2. The number of pyridine rings is 1. The molecular weight excluding hydrogens is 304 g/mol. The first kappa shape index (κ1) is 15.7. The van der Waals surface area contributed by atoms with Crippen LogP contribution in [0, 0.1) is 6.92 Å². The summed E-state index contributed by atoms with van der Waals surface area (Å²) in [7, 11) is 0. The molecule has 1 aromatic carbocycles. The Morgan fingerprint density at radius 3 is 2.67 bits per heavy atom. The van der Waals surface area contributed by atoms with Crippen molar-refractivity contribution < 1.29 is 9.53 Å². The minimum Gasteiger partial charge on any atom is -0.463 e. The Morgan fingerprint density at radius 2 is 1.92 bits per heavy atom. The van der Waals surface area contributed by atoms with Crippen LogP contribution in [0.2, 0.25) is 0 Å². The summed E-state index contributed by atoms with van der Waals surface area (Å²) in [5.74, 6) is 0.617. The van der Waals surface area contributed by atoms with Gasteiger partial charge >= 0.3 is 0 Å². The van der Waals surface area contributed by atoms with E-state index in [1.807, 2.05) is 49.4 Å². The minimum atomic E-state index is -0.688. The smallest absolute Gasteiger partial charge is 0.266 e.